The third-order valence-corrected chi connectivity index (χ3v) is 2.23. The van der Waals surface area contributed by atoms with Crippen LogP contribution in [0.5, 0.6) is 11.5 Å². The van der Waals surface area contributed by atoms with Gasteiger partial charge < -0.3 is 13.9 Å². The Morgan fingerprint density at radius 1 is 1.36 bits per heavy atom. The zero-order chi connectivity index (χ0) is 9.54. The Morgan fingerprint density at radius 3 is 3.14 bits per heavy atom. The molecular formula is C10H6O4. The Morgan fingerprint density at radius 2 is 2.29 bits per heavy atom. The van der Waals surface area contributed by atoms with Gasteiger partial charge in [-0.2, -0.15) is 0 Å². The molecule has 1 aliphatic heterocycles. The Kier molecular flexibility index (Phi) is 1.33. The zero-order valence-electron chi connectivity index (χ0n) is 7.15. The summed E-state index contributed by atoms with van der Waals surface area (Å²) in [5.74, 6) is 1.25. The summed E-state index contributed by atoms with van der Waals surface area (Å²) < 4.78 is 15.7. The summed E-state index contributed by atoms with van der Waals surface area (Å²) in [5, 5.41) is 0.780. The summed E-state index contributed by atoms with van der Waals surface area (Å²) in [6, 6.07) is 3.39. The van der Waals surface area contributed by atoms with E-state index in [2.05, 4.69) is 0 Å². The molecule has 3 rings (SSSR count). The molecule has 14 heavy (non-hydrogen) atoms. The molecule has 0 saturated carbocycles. The van der Waals surface area contributed by atoms with Crippen molar-refractivity contribution >= 4 is 17.3 Å². The van der Waals surface area contributed by atoms with Crippen molar-refractivity contribution in [3.05, 3.63) is 24.0 Å². The first-order chi connectivity index (χ1) is 6.90. The number of hydrogen-bond donors (Lipinski definition) is 0. The molecule has 0 aliphatic carbocycles. The molecule has 1 aromatic heterocycles. The highest BCUT2D eigenvalue weighted by atomic mass is 16.7. The third kappa shape index (κ3) is 0.797. The topological polar surface area (TPSA) is 48.7 Å². The maximum Gasteiger partial charge on any atom is 0.231 e. The number of furan rings is 1. The Labute approximate surface area is 79.0 Å². The summed E-state index contributed by atoms with van der Waals surface area (Å²) in [7, 11) is 0. The molecule has 2 heterocycles. The predicted octanol–water partition coefficient (Wildman–Crippen LogP) is 1.97. The molecule has 4 heteroatoms. The largest absolute Gasteiger partial charge is 0.463 e. The maximum absolute atomic E-state index is 10.8. The van der Waals surface area contributed by atoms with Crippen molar-refractivity contribution in [3.63, 3.8) is 0 Å². The fourth-order valence-corrected chi connectivity index (χ4v) is 1.61. The molecule has 1 aromatic carbocycles. The minimum Gasteiger partial charge on any atom is -0.463 e. The van der Waals surface area contributed by atoms with Gasteiger partial charge in [0.25, 0.3) is 0 Å². The van der Waals surface area contributed by atoms with Crippen LogP contribution in [0.25, 0.3) is 11.0 Å². The van der Waals surface area contributed by atoms with Crippen LogP contribution in [-0.2, 0) is 0 Å². The van der Waals surface area contributed by atoms with E-state index in [4.69, 9.17) is 13.9 Å². The molecule has 0 amide bonds. The van der Waals surface area contributed by atoms with Crippen molar-refractivity contribution in [1.29, 1.82) is 0 Å². The molecule has 0 saturated heterocycles. The molecule has 0 spiro atoms. The molecule has 0 atom stereocenters. The molecule has 1 aliphatic rings. The van der Waals surface area contributed by atoms with E-state index >= 15 is 0 Å². The predicted molar refractivity (Wildman–Crippen MR) is 47.7 cm³/mol. The van der Waals surface area contributed by atoms with E-state index < -0.39 is 0 Å². The minimum atomic E-state index is 0.192. The quantitative estimate of drug-likeness (QED) is 0.645. The SMILES string of the molecule is O=Cc1cc2c(c3ccoc13)OCO2. The maximum atomic E-state index is 10.8. The van der Waals surface area contributed by atoms with Crippen LogP contribution in [0.1, 0.15) is 10.4 Å². The van der Waals surface area contributed by atoms with Crippen molar-refractivity contribution < 1.29 is 18.7 Å². The lowest BCUT2D eigenvalue weighted by atomic mass is 10.1. The van der Waals surface area contributed by atoms with E-state index in [1.54, 1.807) is 12.1 Å². The summed E-state index contributed by atoms with van der Waals surface area (Å²) in [5.41, 5.74) is 1.03. The van der Waals surface area contributed by atoms with Gasteiger partial charge >= 0.3 is 0 Å². The summed E-state index contributed by atoms with van der Waals surface area (Å²) in [6.45, 7) is 0.192. The minimum absolute atomic E-state index is 0.192. The summed E-state index contributed by atoms with van der Waals surface area (Å²) in [4.78, 5) is 10.8. The van der Waals surface area contributed by atoms with Gasteiger partial charge in [-0.25, -0.2) is 0 Å². The first-order valence-electron chi connectivity index (χ1n) is 4.15. The smallest absolute Gasteiger partial charge is 0.231 e. The second-order valence-corrected chi connectivity index (χ2v) is 2.98. The monoisotopic (exact) mass is 190 g/mol. The van der Waals surface area contributed by atoms with Crippen molar-refractivity contribution in [1.82, 2.24) is 0 Å². The number of carbonyl (C=O) groups excluding carboxylic acids is 1. The van der Waals surface area contributed by atoms with Gasteiger partial charge in [-0.05, 0) is 12.1 Å². The van der Waals surface area contributed by atoms with Gasteiger partial charge in [0.2, 0.25) is 6.79 Å². The average molecular weight is 190 g/mol. The number of fused-ring (bicyclic) bond motifs is 3. The number of carbonyl (C=O) groups is 1. The van der Waals surface area contributed by atoms with Crippen LogP contribution in [0, 0.1) is 0 Å². The highest BCUT2D eigenvalue weighted by Gasteiger charge is 2.20. The number of hydrogen-bond acceptors (Lipinski definition) is 4. The van der Waals surface area contributed by atoms with Gasteiger partial charge in [-0.3, -0.25) is 4.79 Å². The van der Waals surface area contributed by atoms with Gasteiger partial charge in [-0.1, -0.05) is 0 Å². The van der Waals surface area contributed by atoms with Crippen molar-refractivity contribution in [2.24, 2.45) is 0 Å². The van der Waals surface area contributed by atoms with Crippen molar-refractivity contribution in [3.8, 4) is 11.5 Å². The van der Waals surface area contributed by atoms with Crippen LogP contribution in [0.2, 0.25) is 0 Å². The highest BCUT2D eigenvalue weighted by Crippen LogP contribution is 2.41. The lowest BCUT2D eigenvalue weighted by molar-refractivity contribution is 0.112. The molecule has 0 radical (unpaired) electrons. The first kappa shape index (κ1) is 7.44. The standard InChI is InChI=1S/C10H6O4/c11-4-6-3-8-10(14-5-13-8)7-1-2-12-9(6)7/h1-4H,5H2. The van der Waals surface area contributed by atoms with E-state index in [-0.39, 0.29) is 6.79 Å². The first-order valence-corrected chi connectivity index (χ1v) is 4.15. The number of aldehydes is 1. The number of ether oxygens (including phenoxy) is 2. The Bertz CT molecular complexity index is 512. The van der Waals surface area contributed by atoms with E-state index in [1.165, 1.54) is 6.26 Å². The Hall–Kier alpha value is -1.97. The van der Waals surface area contributed by atoms with E-state index in [0.717, 1.165) is 11.7 Å². The zero-order valence-corrected chi connectivity index (χ0v) is 7.15. The lowest BCUT2D eigenvalue weighted by Gasteiger charge is -1.98. The number of rotatable bonds is 1. The van der Waals surface area contributed by atoms with Gasteiger partial charge in [0.1, 0.15) is 5.58 Å². The third-order valence-electron chi connectivity index (χ3n) is 2.23. The van der Waals surface area contributed by atoms with Crippen molar-refractivity contribution in [2.75, 3.05) is 6.79 Å². The fraction of sp³-hybridized carbons (Fsp3) is 0.100. The van der Waals surface area contributed by atoms with Crippen LogP contribution in [0.3, 0.4) is 0 Å². The number of benzene rings is 1. The van der Waals surface area contributed by atoms with E-state index in [1.807, 2.05) is 0 Å². The van der Waals surface area contributed by atoms with E-state index in [0.29, 0.717) is 22.6 Å². The normalized spacial score (nSPS) is 13.4. The average Bonchev–Trinajstić information content (AvgIpc) is 2.83. The molecule has 2 aromatic rings. The van der Waals surface area contributed by atoms with Crippen molar-refractivity contribution in [2.45, 2.75) is 0 Å². The van der Waals surface area contributed by atoms with Gasteiger partial charge in [0, 0.05) is 0 Å². The fourth-order valence-electron chi connectivity index (χ4n) is 1.61. The van der Waals surface area contributed by atoms with Gasteiger partial charge in [0.05, 0.1) is 17.2 Å². The summed E-state index contributed by atoms with van der Waals surface area (Å²) >= 11 is 0. The van der Waals surface area contributed by atoms with Crippen LogP contribution >= 0.6 is 0 Å². The molecule has 70 valence electrons. The molecular weight excluding hydrogens is 184 g/mol. The molecule has 0 unspecified atom stereocenters. The summed E-state index contributed by atoms with van der Waals surface area (Å²) in [6.07, 6.45) is 2.27. The lowest BCUT2D eigenvalue weighted by Crippen LogP contribution is -1.93. The van der Waals surface area contributed by atoms with Crippen LogP contribution in [0.4, 0.5) is 0 Å². The second kappa shape index (κ2) is 2.51. The molecule has 0 fully saturated rings. The Balaban J connectivity index is 2.46. The molecule has 0 N–H and O–H groups in total. The highest BCUT2D eigenvalue weighted by molar-refractivity contribution is 5.99. The molecule has 0 bridgehead atoms. The van der Waals surface area contributed by atoms with Crippen LogP contribution in [-0.4, -0.2) is 13.1 Å². The van der Waals surface area contributed by atoms with Gasteiger partial charge in [0.15, 0.2) is 17.8 Å². The molecule has 4 nitrogen and oxygen atoms in total. The second-order valence-electron chi connectivity index (χ2n) is 2.98. The van der Waals surface area contributed by atoms with E-state index in [9.17, 15) is 4.79 Å². The van der Waals surface area contributed by atoms with Gasteiger partial charge in [-0.15, -0.1) is 0 Å². The van der Waals surface area contributed by atoms with Crippen LogP contribution < -0.4 is 9.47 Å². The van der Waals surface area contributed by atoms with Crippen LogP contribution in [0.15, 0.2) is 22.8 Å².